The molecule has 1 aliphatic heterocycles. The van der Waals surface area contributed by atoms with Gasteiger partial charge in [0.05, 0.1) is 0 Å². The summed E-state index contributed by atoms with van der Waals surface area (Å²) < 4.78 is 0. The zero-order valence-corrected chi connectivity index (χ0v) is 10.0. The molecule has 1 amide bonds. The summed E-state index contributed by atoms with van der Waals surface area (Å²) in [5.74, 6) is 0.0437. The molecule has 5 heteroatoms. The molecule has 1 heterocycles. The molecule has 1 aromatic carbocycles. The highest BCUT2D eigenvalue weighted by Gasteiger charge is 2.16. The van der Waals surface area contributed by atoms with Crippen molar-refractivity contribution in [3.8, 4) is 0 Å². The van der Waals surface area contributed by atoms with E-state index >= 15 is 0 Å². The first-order valence-corrected chi connectivity index (χ1v) is 5.85. The van der Waals surface area contributed by atoms with Gasteiger partial charge in [-0.05, 0) is 18.2 Å². The zero-order chi connectivity index (χ0) is 12.3. The van der Waals surface area contributed by atoms with Crippen LogP contribution in [0, 0.1) is 0 Å². The van der Waals surface area contributed by atoms with E-state index in [-0.39, 0.29) is 5.91 Å². The van der Waals surface area contributed by atoms with Crippen molar-refractivity contribution >= 4 is 29.5 Å². The monoisotopic (exact) mass is 252 g/mol. The first-order valence-electron chi connectivity index (χ1n) is 5.47. The molecule has 0 spiro atoms. The third-order valence-electron chi connectivity index (χ3n) is 2.77. The number of nitrogens with zero attached hydrogens (tertiary/aromatic N) is 1. The molecule has 0 unspecified atom stereocenters. The lowest BCUT2D eigenvalue weighted by atomic mass is 10.1. The minimum absolute atomic E-state index is 0.0437. The number of rotatable bonds is 2. The summed E-state index contributed by atoms with van der Waals surface area (Å²) >= 11 is 5.94. The Morgan fingerprint density at radius 2 is 2.18 bits per heavy atom. The Bertz CT molecular complexity index is 448. The number of amides is 1. The molecule has 1 fully saturated rings. The lowest BCUT2D eigenvalue weighted by Gasteiger charge is -2.23. The van der Waals surface area contributed by atoms with Gasteiger partial charge in [-0.1, -0.05) is 11.6 Å². The second-order valence-corrected chi connectivity index (χ2v) is 4.34. The van der Waals surface area contributed by atoms with Crippen LogP contribution in [0.15, 0.2) is 18.2 Å². The van der Waals surface area contributed by atoms with E-state index in [1.807, 2.05) is 4.90 Å². The average Bonchev–Trinajstić information content (AvgIpc) is 2.54. The predicted molar refractivity (Wildman–Crippen MR) is 66.7 cm³/mol. The van der Waals surface area contributed by atoms with E-state index in [1.54, 1.807) is 18.2 Å². The summed E-state index contributed by atoms with van der Waals surface area (Å²) in [6.45, 7) is 1.88. The Morgan fingerprint density at radius 1 is 1.35 bits per heavy atom. The van der Waals surface area contributed by atoms with Crippen molar-refractivity contribution < 1.29 is 9.59 Å². The third kappa shape index (κ3) is 2.77. The maximum Gasteiger partial charge on any atom is 0.221 e. The minimum Gasteiger partial charge on any atom is -0.369 e. The van der Waals surface area contributed by atoms with Gasteiger partial charge in [-0.15, -0.1) is 0 Å². The number of halogens is 1. The van der Waals surface area contributed by atoms with Crippen LogP contribution in [-0.2, 0) is 4.79 Å². The molecular weight excluding hydrogens is 240 g/mol. The van der Waals surface area contributed by atoms with Crippen molar-refractivity contribution in [2.24, 2.45) is 0 Å². The molecule has 17 heavy (non-hydrogen) atoms. The molecule has 4 nitrogen and oxygen atoms in total. The van der Waals surface area contributed by atoms with Crippen LogP contribution < -0.4 is 10.2 Å². The predicted octanol–water partition coefficient (Wildman–Crippen LogP) is 1.48. The van der Waals surface area contributed by atoms with E-state index in [0.717, 1.165) is 12.0 Å². The largest absolute Gasteiger partial charge is 0.369 e. The normalized spacial score (nSPS) is 16.3. The molecule has 0 aliphatic carbocycles. The average molecular weight is 253 g/mol. The number of benzene rings is 1. The van der Waals surface area contributed by atoms with Gasteiger partial charge in [-0.3, -0.25) is 9.59 Å². The van der Waals surface area contributed by atoms with E-state index in [2.05, 4.69) is 5.32 Å². The maximum atomic E-state index is 11.2. The number of hydrogen-bond donors (Lipinski definition) is 1. The zero-order valence-electron chi connectivity index (χ0n) is 9.28. The van der Waals surface area contributed by atoms with Gasteiger partial charge in [0, 0.05) is 42.3 Å². The van der Waals surface area contributed by atoms with Crippen LogP contribution in [0.25, 0.3) is 0 Å². The first kappa shape index (κ1) is 11.9. The van der Waals surface area contributed by atoms with Gasteiger partial charge in [-0.25, -0.2) is 0 Å². The second-order valence-electron chi connectivity index (χ2n) is 3.91. The van der Waals surface area contributed by atoms with E-state index < -0.39 is 0 Å². The van der Waals surface area contributed by atoms with Crippen molar-refractivity contribution in [2.45, 2.75) is 6.42 Å². The lowest BCUT2D eigenvalue weighted by Crippen LogP contribution is -2.29. The first-order chi connectivity index (χ1) is 8.20. The van der Waals surface area contributed by atoms with Crippen LogP contribution in [-0.4, -0.2) is 31.8 Å². The Labute approximate surface area is 105 Å². The van der Waals surface area contributed by atoms with E-state index in [4.69, 9.17) is 11.6 Å². The topological polar surface area (TPSA) is 49.4 Å². The summed E-state index contributed by atoms with van der Waals surface area (Å²) in [7, 11) is 0. The summed E-state index contributed by atoms with van der Waals surface area (Å²) in [5, 5.41) is 3.39. The summed E-state index contributed by atoms with van der Waals surface area (Å²) in [6, 6.07) is 5.15. The Morgan fingerprint density at radius 3 is 2.94 bits per heavy atom. The Kier molecular flexibility index (Phi) is 3.64. The number of hydrogen-bond acceptors (Lipinski definition) is 3. The molecule has 90 valence electrons. The molecule has 1 saturated heterocycles. The highest BCUT2D eigenvalue weighted by atomic mass is 35.5. The van der Waals surface area contributed by atoms with Crippen LogP contribution in [0.4, 0.5) is 5.69 Å². The van der Waals surface area contributed by atoms with E-state index in [0.29, 0.717) is 36.6 Å². The number of carbonyl (C=O) groups is 2. The minimum atomic E-state index is 0.0437. The van der Waals surface area contributed by atoms with Gasteiger partial charge in [0.25, 0.3) is 0 Å². The van der Waals surface area contributed by atoms with Crippen LogP contribution in [0.5, 0.6) is 0 Å². The number of anilines is 1. The van der Waals surface area contributed by atoms with Crippen LogP contribution in [0.3, 0.4) is 0 Å². The van der Waals surface area contributed by atoms with Gasteiger partial charge >= 0.3 is 0 Å². The SMILES string of the molecule is O=Cc1ccc(Cl)cc1N1CCNC(=O)CC1. The van der Waals surface area contributed by atoms with Crippen molar-refractivity contribution in [1.29, 1.82) is 0 Å². The second kappa shape index (κ2) is 5.19. The molecule has 0 aromatic heterocycles. The van der Waals surface area contributed by atoms with Crippen LogP contribution in [0.1, 0.15) is 16.8 Å². The molecule has 0 radical (unpaired) electrons. The Balaban J connectivity index is 2.28. The van der Waals surface area contributed by atoms with E-state index in [1.165, 1.54) is 0 Å². The number of aldehydes is 1. The quantitative estimate of drug-likeness (QED) is 0.811. The van der Waals surface area contributed by atoms with E-state index in [9.17, 15) is 9.59 Å². The third-order valence-corrected chi connectivity index (χ3v) is 3.01. The summed E-state index contributed by atoms with van der Waals surface area (Å²) in [5.41, 5.74) is 1.40. The molecule has 1 aliphatic rings. The molecule has 0 bridgehead atoms. The van der Waals surface area contributed by atoms with Crippen molar-refractivity contribution in [3.63, 3.8) is 0 Å². The molecule has 2 rings (SSSR count). The van der Waals surface area contributed by atoms with Gasteiger partial charge in [-0.2, -0.15) is 0 Å². The standard InChI is InChI=1S/C12H13ClN2O2/c13-10-2-1-9(8-16)11(7-10)15-5-3-12(17)14-4-6-15/h1-2,7-8H,3-6H2,(H,14,17). The van der Waals surface area contributed by atoms with Crippen molar-refractivity contribution in [3.05, 3.63) is 28.8 Å². The maximum absolute atomic E-state index is 11.2. The number of nitrogens with one attached hydrogen (secondary N) is 1. The van der Waals surface area contributed by atoms with Crippen molar-refractivity contribution in [2.75, 3.05) is 24.5 Å². The number of carbonyl (C=O) groups excluding carboxylic acids is 2. The molecule has 0 saturated carbocycles. The lowest BCUT2D eigenvalue weighted by molar-refractivity contribution is -0.120. The molecule has 1 aromatic rings. The highest BCUT2D eigenvalue weighted by Crippen LogP contribution is 2.24. The van der Waals surface area contributed by atoms with Gasteiger partial charge in [0.2, 0.25) is 5.91 Å². The van der Waals surface area contributed by atoms with Gasteiger partial charge in [0.1, 0.15) is 0 Å². The summed E-state index contributed by atoms with van der Waals surface area (Å²) in [4.78, 5) is 24.2. The fourth-order valence-corrected chi connectivity index (χ4v) is 2.06. The fourth-order valence-electron chi connectivity index (χ4n) is 1.90. The molecule has 1 N–H and O–H groups in total. The smallest absolute Gasteiger partial charge is 0.221 e. The summed E-state index contributed by atoms with van der Waals surface area (Å²) in [6.07, 6.45) is 1.25. The van der Waals surface area contributed by atoms with Crippen molar-refractivity contribution in [1.82, 2.24) is 5.32 Å². The van der Waals surface area contributed by atoms with Crippen LogP contribution in [0.2, 0.25) is 5.02 Å². The Hall–Kier alpha value is -1.55. The van der Waals surface area contributed by atoms with Gasteiger partial charge in [0.15, 0.2) is 6.29 Å². The highest BCUT2D eigenvalue weighted by molar-refractivity contribution is 6.31. The van der Waals surface area contributed by atoms with Crippen LogP contribution >= 0.6 is 11.6 Å². The molecular formula is C12H13ClN2O2. The molecule has 0 atom stereocenters. The fraction of sp³-hybridized carbons (Fsp3) is 0.333. The van der Waals surface area contributed by atoms with Gasteiger partial charge < -0.3 is 10.2 Å².